The highest BCUT2D eigenvalue weighted by atomic mass is 32.1. The molecule has 1 aromatic heterocycles. The van der Waals surface area contributed by atoms with Gasteiger partial charge in [0.15, 0.2) is 5.13 Å². The largest absolute Gasteiger partial charge is 0.395 e. The van der Waals surface area contributed by atoms with Crippen molar-refractivity contribution < 1.29 is 5.11 Å². The predicted octanol–water partition coefficient (Wildman–Crippen LogP) is 1.91. The lowest BCUT2D eigenvalue weighted by Gasteiger charge is -2.34. The van der Waals surface area contributed by atoms with E-state index in [1.165, 1.54) is 36.5 Å². The Morgan fingerprint density at radius 2 is 1.95 bits per heavy atom. The molecule has 0 radical (unpaired) electrons. The van der Waals surface area contributed by atoms with Crippen molar-refractivity contribution in [1.29, 1.82) is 0 Å². The fourth-order valence-electron chi connectivity index (χ4n) is 3.13. The molecule has 0 atom stereocenters. The Balaban J connectivity index is 1.58. The number of thiazole rings is 1. The zero-order valence-corrected chi connectivity index (χ0v) is 12.2. The lowest BCUT2D eigenvalue weighted by atomic mass is 10.1. The van der Waals surface area contributed by atoms with E-state index in [1.807, 2.05) is 0 Å². The van der Waals surface area contributed by atoms with Gasteiger partial charge in [0.2, 0.25) is 0 Å². The number of aliphatic hydroxyl groups excluding tert-OH is 1. The third kappa shape index (κ3) is 3.09. The molecule has 0 aromatic carbocycles. The second-order valence-electron chi connectivity index (χ2n) is 5.59. The van der Waals surface area contributed by atoms with E-state index in [-0.39, 0.29) is 6.61 Å². The fourth-order valence-corrected chi connectivity index (χ4v) is 4.10. The summed E-state index contributed by atoms with van der Waals surface area (Å²) < 4.78 is 0. The molecule has 0 spiro atoms. The first-order valence-corrected chi connectivity index (χ1v) is 8.28. The number of hydrogen-bond acceptors (Lipinski definition) is 5. The van der Waals surface area contributed by atoms with Crippen LogP contribution in [-0.2, 0) is 0 Å². The number of aliphatic hydroxyl groups is 1. The maximum Gasteiger partial charge on any atom is 0.185 e. The minimum atomic E-state index is 0.267. The van der Waals surface area contributed by atoms with Crippen LogP contribution in [0.1, 0.15) is 37.3 Å². The van der Waals surface area contributed by atoms with Gasteiger partial charge in [-0.2, -0.15) is 0 Å². The number of rotatable bonds is 4. The third-order valence-electron chi connectivity index (χ3n) is 4.34. The van der Waals surface area contributed by atoms with E-state index in [1.54, 1.807) is 11.3 Å². The first-order valence-electron chi connectivity index (χ1n) is 7.40. The van der Waals surface area contributed by atoms with Gasteiger partial charge in [0.05, 0.1) is 12.3 Å². The third-order valence-corrected chi connectivity index (χ3v) is 5.26. The van der Waals surface area contributed by atoms with E-state index in [0.717, 1.165) is 38.6 Å². The summed E-state index contributed by atoms with van der Waals surface area (Å²) in [7, 11) is 0. The average molecular weight is 281 g/mol. The summed E-state index contributed by atoms with van der Waals surface area (Å²) in [6.45, 7) is 5.23. The van der Waals surface area contributed by atoms with Crippen LogP contribution >= 0.6 is 11.3 Å². The van der Waals surface area contributed by atoms with Crippen molar-refractivity contribution in [2.45, 2.75) is 31.6 Å². The topological polar surface area (TPSA) is 39.6 Å². The molecule has 0 unspecified atom stereocenters. The number of β-amino-alcohol motifs (C(OH)–C–C–N with tert-alkyl or cyclic N) is 1. The van der Waals surface area contributed by atoms with Gasteiger partial charge in [-0.3, -0.25) is 4.90 Å². The molecular weight excluding hydrogens is 258 g/mol. The van der Waals surface area contributed by atoms with E-state index in [0.29, 0.717) is 0 Å². The molecule has 2 fully saturated rings. The van der Waals surface area contributed by atoms with Gasteiger partial charge < -0.3 is 10.0 Å². The molecule has 1 N–H and O–H groups in total. The molecule has 1 aliphatic carbocycles. The van der Waals surface area contributed by atoms with Crippen molar-refractivity contribution in [3.63, 3.8) is 0 Å². The van der Waals surface area contributed by atoms with E-state index < -0.39 is 0 Å². The highest BCUT2D eigenvalue weighted by Crippen LogP contribution is 2.36. The highest BCUT2D eigenvalue weighted by molar-refractivity contribution is 7.13. The standard InChI is InChI=1S/C14H23N3OS/c18-10-9-16-5-7-17(8-6-16)14-15-13(11-19-14)12-3-1-2-4-12/h11-12,18H,1-10H2. The van der Waals surface area contributed by atoms with Crippen LogP contribution in [0.5, 0.6) is 0 Å². The minimum Gasteiger partial charge on any atom is -0.395 e. The van der Waals surface area contributed by atoms with Gasteiger partial charge in [0.25, 0.3) is 0 Å². The number of aromatic nitrogens is 1. The van der Waals surface area contributed by atoms with E-state index in [9.17, 15) is 0 Å². The molecule has 1 aromatic rings. The van der Waals surface area contributed by atoms with Crippen LogP contribution < -0.4 is 4.90 Å². The summed E-state index contributed by atoms with van der Waals surface area (Å²) in [6, 6.07) is 0. The summed E-state index contributed by atoms with van der Waals surface area (Å²) in [5, 5.41) is 12.4. The Bertz CT molecular complexity index is 395. The molecular formula is C14H23N3OS. The quantitative estimate of drug-likeness (QED) is 0.915. The summed E-state index contributed by atoms with van der Waals surface area (Å²) in [5.74, 6) is 0.723. The zero-order valence-electron chi connectivity index (χ0n) is 11.4. The second kappa shape index (κ2) is 6.20. The Morgan fingerprint density at radius 1 is 1.21 bits per heavy atom. The number of hydrogen-bond donors (Lipinski definition) is 1. The Morgan fingerprint density at radius 3 is 2.63 bits per heavy atom. The van der Waals surface area contributed by atoms with Crippen LogP contribution in [0.15, 0.2) is 5.38 Å². The molecule has 2 heterocycles. The Kier molecular flexibility index (Phi) is 4.35. The lowest BCUT2D eigenvalue weighted by Crippen LogP contribution is -2.47. The first kappa shape index (κ1) is 13.3. The molecule has 2 aliphatic rings. The van der Waals surface area contributed by atoms with Crippen LogP contribution in [0.25, 0.3) is 0 Å². The van der Waals surface area contributed by atoms with Crippen molar-refractivity contribution in [3.8, 4) is 0 Å². The molecule has 1 saturated heterocycles. The van der Waals surface area contributed by atoms with Crippen LogP contribution in [0.3, 0.4) is 0 Å². The van der Waals surface area contributed by atoms with Crippen LogP contribution in [0, 0.1) is 0 Å². The molecule has 19 heavy (non-hydrogen) atoms. The normalized spacial score (nSPS) is 22.3. The maximum atomic E-state index is 8.96. The van der Waals surface area contributed by atoms with Gasteiger partial charge in [-0.05, 0) is 12.8 Å². The number of anilines is 1. The average Bonchev–Trinajstić information content (AvgIpc) is 3.11. The van der Waals surface area contributed by atoms with Gasteiger partial charge in [-0.1, -0.05) is 12.8 Å². The number of nitrogens with zero attached hydrogens (tertiary/aromatic N) is 3. The van der Waals surface area contributed by atoms with E-state index in [2.05, 4.69) is 15.2 Å². The predicted molar refractivity (Wildman–Crippen MR) is 79.1 cm³/mol. The first-order chi connectivity index (χ1) is 9.36. The van der Waals surface area contributed by atoms with E-state index in [4.69, 9.17) is 10.1 Å². The van der Waals surface area contributed by atoms with Gasteiger partial charge in [0.1, 0.15) is 0 Å². The molecule has 0 amide bonds. The van der Waals surface area contributed by atoms with Crippen LogP contribution in [0.2, 0.25) is 0 Å². The molecule has 0 bridgehead atoms. The summed E-state index contributed by atoms with van der Waals surface area (Å²) in [6.07, 6.45) is 5.40. The maximum absolute atomic E-state index is 8.96. The minimum absolute atomic E-state index is 0.267. The molecule has 3 rings (SSSR count). The molecule has 5 heteroatoms. The van der Waals surface area contributed by atoms with Crippen molar-refractivity contribution in [3.05, 3.63) is 11.1 Å². The Hall–Kier alpha value is -0.650. The summed E-state index contributed by atoms with van der Waals surface area (Å²) >= 11 is 1.80. The second-order valence-corrected chi connectivity index (χ2v) is 6.43. The highest BCUT2D eigenvalue weighted by Gasteiger charge is 2.23. The lowest BCUT2D eigenvalue weighted by molar-refractivity contribution is 0.189. The van der Waals surface area contributed by atoms with E-state index >= 15 is 0 Å². The van der Waals surface area contributed by atoms with Gasteiger partial charge >= 0.3 is 0 Å². The van der Waals surface area contributed by atoms with Crippen LogP contribution in [0.4, 0.5) is 5.13 Å². The fraction of sp³-hybridized carbons (Fsp3) is 0.786. The van der Waals surface area contributed by atoms with Crippen molar-refractivity contribution in [2.24, 2.45) is 0 Å². The van der Waals surface area contributed by atoms with Crippen molar-refractivity contribution >= 4 is 16.5 Å². The summed E-state index contributed by atoms with van der Waals surface area (Å²) in [4.78, 5) is 9.58. The molecule has 106 valence electrons. The molecule has 1 saturated carbocycles. The van der Waals surface area contributed by atoms with Gasteiger partial charge in [-0.25, -0.2) is 4.98 Å². The zero-order chi connectivity index (χ0) is 13.1. The monoisotopic (exact) mass is 281 g/mol. The number of piperazine rings is 1. The van der Waals surface area contributed by atoms with Crippen LogP contribution in [-0.4, -0.2) is 54.3 Å². The molecule has 4 nitrogen and oxygen atoms in total. The molecule has 1 aliphatic heterocycles. The van der Waals surface area contributed by atoms with Gasteiger partial charge in [0, 0.05) is 44.0 Å². The van der Waals surface area contributed by atoms with Crippen molar-refractivity contribution in [1.82, 2.24) is 9.88 Å². The van der Waals surface area contributed by atoms with Gasteiger partial charge in [-0.15, -0.1) is 11.3 Å². The Labute approximate surface area is 119 Å². The smallest absolute Gasteiger partial charge is 0.185 e. The van der Waals surface area contributed by atoms with Crippen molar-refractivity contribution in [2.75, 3.05) is 44.2 Å². The summed E-state index contributed by atoms with van der Waals surface area (Å²) in [5.41, 5.74) is 1.33. The SMILES string of the molecule is OCCN1CCN(c2nc(C3CCCC3)cs2)CC1.